The van der Waals surface area contributed by atoms with Gasteiger partial charge in [0, 0.05) is 0 Å². The van der Waals surface area contributed by atoms with Gasteiger partial charge >= 0.3 is 0 Å². The van der Waals surface area contributed by atoms with Crippen molar-refractivity contribution in [1.29, 1.82) is 0 Å². The lowest BCUT2D eigenvalue weighted by atomic mass is 9.83. The highest BCUT2D eigenvalue weighted by atomic mass is 32.2. The van der Waals surface area contributed by atoms with Gasteiger partial charge in [0.25, 0.3) is 10.0 Å². The predicted octanol–water partition coefficient (Wildman–Crippen LogP) is 3.01. The molecule has 0 fully saturated rings. The predicted molar refractivity (Wildman–Crippen MR) is 93.4 cm³/mol. The second-order valence-corrected chi connectivity index (χ2v) is 8.34. The lowest BCUT2D eigenvalue weighted by Crippen LogP contribution is -2.43. The fourth-order valence-corrected chi connectivity index (χ4v) is 4.70. The number of nitrogens with one attached hydrogen (secondary N) is 1. The van der Waals surface area contributed by atoms with E-state index in [1.165, 1.54) is 6.07 Å². The van der Waals surface area contributed by atoms with Crippen LogP contribution in [0.25, 0.3) is 0 Å². The van der Waals surface area contributed by atoms with Crippen LogP contribution < -0.4 is 4.72 Å². The van der Waals surface area contributed by atoms with Crippen molar-refractivity contribution in [1.82, 2.24) is 4.72 Å². The fraction of sp³-hybridized carbons (Fsp3) is 0.316. The second kappa shape index (κ2) is 5.74. The molecule has 1 atom stereocenters. The van der Waals surface area contributed by atoms with Crippen molar-refractivity contribution in [3.05, 3.63) is 64.7 Å². The Morgan fingerprint density at radius 2 is 1.83 bits per heavy atom. The van der Waals surface area contributed by atoms with Crippen molar-refractivity contribution in [3.8, 4) is 0 Å². The van der Waals surface area contributed by atoms with E-state index in [0.717, 1.165) is 23.1 Å². The average Bonchev–Trinajstić information content (AvgIpc) is 2.85. The average molecular weight is 343 g/mol. The van der Waals surface area contributed by atoms with Crippen LogP contribution in [-0.2, 0) is 26.7 Å². The summed E-state index contributed by atoms with van der Waals surface area (Å²) in [5, 5.41) is 0. The van der Waals surface area contributed by atoms with E-state index in [-0.39, 0.29) is 4.90 Å². The maximum atomic E-state index is 12.8. The number of amides is 1. The lowest BCUT2D eigenvalue weighted by Gasteiger charge is -2.24. The molecule has 4 nitrogen and oxygen atoms in total. The highest BCUT2D eigenvalue weighted by Crippen LogP contribution is 2.39. The number of sulfonamides is 1. The number of benzene rings is 2. The van der Waals surface area contributed by atoms with Gasteiger partial charge in [0.05, 0.1) is 10.3 Å². The summed E-state index contributed by atoms with van der Waals surface area (Å²) in [6.07, 6.45) is 1.40. The molecule has 1 aliphatic carbocycles. The Balaban J connectivity index is 1.93. The molecule has 0 spiro atoms. The zero-order valence-corrected chi connectivity index (χ0v) is 14.9. The molecule has 0 aromatic heterocycles. The van der Waals surface area contributed by atoms with Crippen LogP contribution in [0.15, 0.2) is 47.4 Å². The summed E-state index contributed by atoms with van der Waals surface area (Å²) >= 11 is 0. The molecule has 0 saturated heterocycles. The zero-order chi connectivity index (χ0) is 17.5. The molecule has 1 unspecified atom stereocenters. The number of hydrogen-bond donors (Lipinski definition) is 1. The number of aryl methyl sites for hydroxylation is 3. The van der Waals surface area contributed by atoms with Gasteiger partial charge in [-0.05, 0) is 56.4 Å². The van der Waals surface area contributed by atoms with E-state index in [2.05, 4.69) is 10.8 Å². The Labute approximate surface area is 143 Å². The quantitative estimate of drug-likeness (QED) is 0.932. The summed E-state index contributed by atoms with van der Waals surface area (Å²) in [4.78, 5) is 13.0. The maximum Gasteiger partial charge on any atom is 0.264 e. The minimum atomic E-state index is -3.88. The summed E-state index contributed by atoms with van der Waals surface area (Å²) < 4.78 is 27.5. The van der Waals surface area contributed by atoms with Crippen LogP contribution in [0.2, 0.25) is 0 Å². The van der Waals surface area contributed by atoms with E-state index < -0.39 is 21.3 Å². The third-order valence-corrected chi connectivity index (χ3v) is 6.35. The first-order valence-electron chi connectivity index (χ1n) is 7.97. The first-order valence-corrected chi connectivity index (χ1v) is 9.45. The molecule has 5 heteroatoms. The van der Waals surface area contributed by atoms with Crippen molar-refractivity contribution in [2.45, 2.75) is 43.9 Å². The number of hydrogen-bond acceptors (Lipinski definition) is 3. The van der Waals surface area contributed by atoms with Crippen molar-refractivity contribution >= 4 is 15.9 Å². The summed E-state index contributed by atoms with van der Waals surface area (Å²) in [7, 11) is -3.88. The number of carbonyl (C=O) groups is 1. The van der Waals surface area contributed by atoms with Crippen molar-refractivity contribution < 1.29 is 13.2 Å². The second-order valence-electron chi connectivity index (χ2n) is 6.69. The number of rotatable bonds is 3. The Morgan fingerprint density at radius 3 is 2.54 bits per heavy atom. The smallest absolute Gasteiger partial charge is 0.264 e. The fourth-order valence-electron chi connectivity index (χ4n) is 3.37. The van der Waals surface area contributed by atoms with E-state index in [0.29, 0.717) is 12.0 Å². The molecule has 0 heterocycles. The van der Waals surface area contributed by atoms with Crippen LogP contribution in [0.4, 0.5) is 0 Å². The molecule has 0 aliphatic heterocycles. The van der Waals surface area contributed by atoms with Crippen LogP contribution in [-0.4, -0.2) is 14.3 Å². The van der Waals surface area contributed by atoms with Crippen LogP contribution in [0.3, 0.4) is 0 Å². The van der Waals surface area contributed by atoms with E-state index in [9.17, 15) is 13.2 Å². The Kier molecular flexibility index (Phi) is 4.00. The first-order chi connectivity index (χ1) is 11.2. The topological polar surface area (TPSA) is 63.2 Å². The van der Waals surface area contributed by atoms with Gasteiger partial charge in [-0.15, -0.1) is 0 Å². The molecule has 126 valence electrons. The van der Waals surface area contributed by atoms with Crippen LogP contribution in [0, 0.1) is 13.8 Å². The molecule has 0 bridgehead atoms. The van der Waals surface area contributed by atoms with Gasteiger partial charge in [-0.25, -0.2) is 13.1 Å². The van der Waals surface area contributed by atoms with Crippen LogP contribution in [0.1, 0.15) is 35.6 Å². The lowest BCUT2D eigenvalue weighted by molar-refractivity contribution is -0.124. The van der Waals surface area contributed by atoms with Gasteiger partial charge in [0.2, 0.25) is 5.91 Å². The minimum absolute atomic E-state index is 0.143. The van der Waals surface area contributed by atoms with Crippen molar-refractivity contribution in [2.24, 2.45) is 0 Å². The standard InChI is InChI=1S/C19H21NO3S/c1-13-8-9-16-15(12-13)10-11-19(16,3)18(21)20-24(22,23)17-7-5-4-6-14(17)2/h4-9,12H,10-11H2,1-3H3,(H,20,21). The minimum Gasteiger partial charge on any atom is -0.273 e. The highest BCUT2D eigenvalue weighted by molar-refractivity contribution is 7.90. The molecular weight excluding hydrogens is 322 g/mol. The van der Waals surface area contributed by atoms with Crippen molar-refractivity contribution in [3.63, 3.8) is 0 Å². The first kappa shape index (κ1) is 16.7. The normalized spacial score (nSPS) is 19.8. The summed E-state index contributed by atoms with van der Waals surface area (Å²) in [6.45, 7) is 5.55. The van der Waals surface area contributed by atoms with Gasteiger partial charge in [-0.1, -0.05) is 42.0 Å². The molecule has 0 radical (unpaired) electrons. The molecule has 2 aromatic carbocycles. The van der Waals surface area contributed by atoms with Gasteiger partial charge in [-0.2, -0.15) is 0 Å². The molecule has 3 rings (SSSR count). The summed E-state index contributed by atoms with van der Waals surface area (Å²) in [5.74, 6) is -0.464. The Morgan fingerprint density at radius 1 is 1.12 bits per heavy atom. The molecule has 1 N–H and O–H groups in total. The van der Waals surface area contributed by atoms with Crippen LogP contribution in [0.5, 0.6) is 0 Å². The highest BCUT2D eigenvalue weighted by Gasteiger charge is 2.42. The molecule has 0 saturated carbocycles. The molecule has 24 heavy (non-hydrogen) atoms. The van der Waals surface area contributed by atoms with Crippen molar-refractivity contribution in [2.75, 3.05) is 0 Å². The van der Waals surface area contributed by atoms with Crippen LogP contribution >= 0.6 is 0 Å². The molecule has 1 amide bonds. The van der Waals surface area contributed by atoms with E-state index in [4.69, 9.17) is 0 Å². The SMILES string of the molecule is Cc1ccc2c(c1)CCC2(C)C(=O)NS(=O)(=O)c1ccccc1C. The molecular formula is C19H21NO3S. The third-order valence-electron chi connectivity index (χ3n) is 4.86. The largest absolute Gasteiger partial charge is 0.273 e. The Bertz CT molecular complexity index is 918. The third kappa shape index (κ3) is 2.73. The zero-order valence-electron chi connectivity index (χ0n) is 14.1. The number of carbonyl (C=O) groups excluding carboxylic acids is 1. The van der Waals surface area contributed by atoms with Gasteiger partial charge < -0.3 is 0 Å². The van der Waals surface area contributed by atoms with Gasteiger partial charge in [0.1, 0.15) is 0 Å². The molecule has 2 aromatic rings. The van der Waals surface area contributed by atoms with E-state index in [1.807, 2.05) is 26.0 Å². The summed E-state index contributed by atoms with van der Waals surface area (Å²) in [5.41, 5.74) is 2.99. The van der Waals surface area contributed by atoms with Gasteiger partial charge in [0.15, 0.2) is 0 Å². The van der Waals surface area contributed by atoms with Gasteiger partial charge in [-0.3, -0.25) is 4.79 Å². The monoisotopic (exact) mass is 343 g/mol. The molecule has 1 aliphatic rings. The maximum absolute atomic E-state index is 12.8. The number of fused-ring (bicyclic) bond motifs is 1. The van der Waals surface area contributed by atoms with E-state index >= 15 is 0 Å². The Hall–Kier alpha value is -2.14. The summed E-state index contributed by atoms with van der Waals surface area (Å²) in [6, 6.07) is 12.6. The van der Waals surface area contributed by atoms with E-state index in [1.54, 1.807) is 25.1 Å².